The van der Waals surface area contributed by atoms with Crippen LogP contribution in [0.2, 0.25) is 0 Å². The minimum Gasteiger partial charge on any atom is -0.305 e. The summed E-state index contributed by atoms with van der Waals surface area (Å²) in [6, 6.07) is 1.02. The molecule has 1 unspecified atom stereocenters. The lowest BCUT2D eigenvalue weighted by Gasteiger charge is -2.16. The van der Waals surface area contributed by atoms with Crippen molar-refractivity contribution in [3.8, 4) is 0 Å². The number of hydrogen-bond acceptors (Lipinski definition) is 2. The van der Waals surface area contributed by atoms with Crippen molar-refractivity contribution >= 4 is 11.3 Å². The van der Waals surface area contributed by atoms with Crippen LogP contribution in [0.15, 0.2) is 11.4 Å². The van der Waals surface area contributed by atoms with E-state index in [1.165, 1.54) is 11.3 Å². The van der Waals surface area contributed by atoms with Gasteiger partial charge in [0, 0.05) is 4.88 Å². The summed E-state index contributed by atoms with van der Waals surface area (Å²) in [5.74, 6) is 0. The van der Waals surface area contributed by atoms with Crippen molar-refractivity contribution < 1.29 is 8.78 Å². The maximum atomic E-state index is 12.7. The topological polar surface area (TPSA) is 12.0 Å². The van der Waals surface area contributed by atoms with Crippen LogP contribution in [0.5, 0.6) is 0 Å². The SMILES string of the molecule is CCCNC(c1csc(C)c1)C(F)F. The number of halogens is 2. The van der Waals surface area contributed by atoms with Crippen molar-refractivity contribution in [2.24, 2.45) is 0 Å². The van der Waals surface area contributed by atoms with Gasteiger partial charge in [0.15, 0.2) is 0 Å². The molecule has 14 heavy (non-hydrogen) atoms. The Morgan fingerprint density at radius 1 is 1.50 bits per heavy atom. The van der Waals surface area contributed by atoms with Gasteiger partial charge >= 0.3 is 0 Å². The second kappa shape index (κ2) is 5.41. The fraction of sp³-hybridized carbons (Fsp3) is 0.600. The molecule has 1 aromatic heterocycles. The highest BCUT2D eigenvalue weighted by molar-refractivity contribution is 7.10. The minimum atomic E-state index is -2.34. The Hall–Kier alpha value is -0.480. The molecule has 0 radical (unpaired) electrons. The molecule has 1 atom stereocenters. The lowest BCUT2D eigenvalue weighted by atomic mass is 10.1. The van der Waals surface area contributed by atoms with E-state index in [0.717, 1.165) is 11.3 Å². The third-order valence-corrected chi connectivity index (χ3v) is 2.86. The second-order valence-electron chi connectivity index (χ2n) is 3.26. The van der Waals surface area contributed by atoms with Gasteiger partial charge in [-0.3, -0.25) is 0 Å². The van der Waals surface area contributed by atoms with Gasteiger partial charge in [-0.2, -0.15) is 0 Å². The van der Waals surface area contributed by atoms with Crippen LogP contribution in [0.1, 0.15) is 29.8 Å². The van der Waals surface area contributed by atoms with E-state index in [1.807, 2.05) is 19.9 Å². The summed E-state index contributed by atoms with van der Waals surface area (Å²) in [6.07, 6.45) is -1.47. The molecule has 0 saturated heterocycles. The summed E-state index contributed by atoms with van der Waals surface area (Å²) < 4.78 is 25.3. The molecular weight excluding hydrogens is 204 g/mol. The third-order valence-electron chi connectivity index (χ3n) is 1.98. The number of aryl methyl sites for hydroxylation is 1. The predicted octanol–water partition coefficient (Wildman–Crippen LogP) is 3.36. The van der Waals surface area contributed by atoms with Gasteiger partial charge in [-0.05, 0) is 36.9 Å². The number of rotatable bonds is 5. The molecule has 0 amide bonds. The molecule has 4 heteroatoms. The molecule has 0 aliphatic rings. The Labute approximate surface area is 87.1 Å². The maximum Gasteiger partial charge on any atom is 0.257 e. The second-order valence-corrected chi connectivity index (χ2v) is 4.37. The first-order valence-corrected chi connectivity index (χ1v) is 5.59. The molecule has 0 aromatic carbocycles. The van der Waals surface area contributed by atoms with E-state index in [4.69, 9.17) is 0 Å². The fourth-order valence-electron chi connectivity index (χ4n) is 1.28. The van der Waals surface area contributed by atoms with Crippen LogP contribution in [0.3, 0.4) is 0 Å². The lowest BCUT2D eigenvalue weighted by Crippen LogP contribution is -2.27. The fourth-order valence-corrected chi connectivity index (χ4v) is 2.02. The molecule has 0 saturated carbocycles. The largest absolute Gasteiger partial charge is 0.305 e. The van der Waals surface area contributed by atoms with Crippen LogP contribution >= 0.6 is 11.3 Å². The Morgan fingerprint density at radius 2 is 2.21 bits per heavy atom. The van der Waals surface area contributed by atoms with Crippen LogP contribution in [0, 0.1) is 6.92 Å². The molecule has 0 aliphatic carbocycles. The summed E-state index contributed by atoms with van der Waals surface area (Å²) in [5, 5.41) is 4.66. The Morgan fingerprint density at radius 3 is 2.64 bits per heavy atom. The molecule has 0 spiro atoms. The van der Waals surface area contributed by atoms with E-state index in [-0.39, 0.29) is 0 Å². The molecule has 0 aliphatic heterocycles. The van der Waals surface area contributed by atoms with Gasteiger partial charge in [-0.25, -0.2) is 8.78 Å². The zero-order valence-electron chi connectivity index (χ0n) is 8.39. The Bertz CT molecular complexity index is 273. The molecule has 1 N–H and O–H groups in total. The van der Waals surface area contributed by atoms with Gasteiger partial charge in [-0.1, -0.05) is 6.92 Å². The highest BCUT2D eigenvalue weighted by Crippen LogP contribution is 2.25. The Kier molecular flexibility index (Phi) is 4.48. The van der Waals surface area contributed by atoms with Gasteiger partial charge in [0.2, 0.25) is 0 Å². The van der Waals surface area contributed by atoms with Crippen LogP contribution in [0.25, 0.3) is 0 Å². The highest BCUT2D eigenvalue weighted by atomic mass is 32.1. The molecular formula is C10H15F2NS. The number of thiophene rings is 1. The number of alkyl halides is 2. The van der Waals surface area contributed by atoms with E-state index < -0.39 is 12.5 Å². The maximum absolute atomic E-state index is 12.7. The normalized spacial score (nSPS) is 13.5. The van der Waals surface area contributed by atoms with Gasteiger partial charge in [0.1, 0.15) is 0 Å². The molecule has 1 nitrogen and oxygen atoms in total. The first-order chi connectivity index (χ1) is 6.65. The number of nitrogens with one attached hydrogen (secondary N) is 1. The van der Waals surface area contributed by atoms with Gasteiger partial charge < -0.3 is 5.32 Å². The summed E-state index contributed by atoms with van der Waals surface area (Å²) in [7, 11) is 0. The summed E-state index contributed by atoms with van der Waals surface area (Å²) >= 11 is 1.51. The average Bonchev–Trinajstić information content (AvgIpc) is 2.52. The van der Waals surface area contributed by atoms with Crippen molar-refractivity contribution in [3.05, 3.63) is 21.9 Å². The third kappa shape index (κ3) is 3.03. The monoisotopic (exact) mass is 219 g/mol. The van der Waals surface area contributed by atoms with E-state index >= 15 is 0 Å². The standard InChI is InChI=1S/C10H15F2NS/c1-3-4-13-9(10(11)12)8-5-7(2)14-6-8/h5-6,9-10,13H,3-4H2,1-2H3. The zero-order valence-corrected chi connectivity index (χ0v) is 9.20. The van der Waals surface area contributed by atoms with Gasteiger partial charge in [0.25, 0.3) is 6.43 Å². The highest BCUT2D eigenvalue weighted by Gasteiger charge is 2.21. The van der Waals surface area contributed by atoms with Crippen molar-refractivity contribution in [1.29, 1.82) is 0 Å². The molecule has 1 heterocycles. The molecule has 1 rings (SSSR count). The molecule has 0 fully saturated rings. The van der Waals surface area contributed by atoms with Crippen molar-refractivity contribution in [1.82, 2.24) is 5.32 Å². The van der Waals surface area contributed by atoms with Crippen LogP contribution in [-0.2, 0) is 0 Å². The van der Waals surface area contributed by atoms with Crippen LogP contribution < -0.4 is 5.32 Å². The summed E-state index contributed by atoms with van der Waals surface area (Å²) in [5.41, 5.74) is 0.705. The Balaban J connectivity index is 2.67. The van der Waals surface area contributed by atoms with E-state index in [2.05, 4.69) is 5.32 Å². The first kappa shape index (κ1) is 11.6. The van der Waals surface area contributed by atoms with Gasteiger partial charge in [-0.15, -0.1) is 11.3 Å². The molecule has 1 aromatic rings. The van der Waals surface area contributed by atoms with E-state index in [0.29, 0.717) is 12.1 Å². The van der Waals surface area contributed by atoms with Crippen LogP contribution in [-0.4, -0.2) is 13.0 Å². The quantitative estimate of drug-likeness (QED) is 0.800. The van der Waals surface area contributed by atoms with Gasteiger partial charge in [0.05, 0.1) is 6.04 Å². The lowest BCUT2D eigenvalue weighted by molar-refractivity contribution is 0.0987. The van der Waals surface area contributed by atoms with Crippen molar-refractivity contribution in [2.45, 2.75) is 32.7 Å². The first-order valence-electron chi connectivity index (χ1n) is 4.71. The predicted molar refractivity (Wildman–Crippen MR) is 56.1 cm³/mol. The average molecular weight is 219 g/mol. The van der Waals surface area contributed by atoms with Crippen molar-refractivity contribution in [3.63, 3.8) is 0 Å². The minimum absolute atomic E-state index is 0.629. The van der Waals surface area contributed by atoms with E-state index in [1.54, 1.807) is 5.38 Å². The smallest absolute Gasteiger partial charge is 0.257 e. The zero-order chi connectivity index (χ0) is 10.6. The van der Waals surface area contributed by atoms with Crippen LogP contribution in [0.4, 0.5) is 8.78 Å². The summed E-state index contributed by atoms with van der Waals surface area (Å²) in [4.78, 5) is 1.07. The van der Waals surface area contributed by atoms with Crippen molar-refractivity contribution in [2.75, 3.05) is 6.54 Å². The molecule has 80 valence electrons. The number of hydrogen-bond donors (Lipinski definition) is 1. The molecule has 0 bridgehead atoms. The van der Waals surface area contributed by atoms with E-state index in [9.17, 15) is 8.78 Å². The summed E-state index contributed by atoms with van der Waals surface area (Å²) in [6.45, 7) is 4.52.